The van der Waals surface area contributed by atoms with E-state index < -0.39 is 0 Å². The first kappa shape index (κ1) is 20.2. The Hall–Kier alpha value is -0.380. The van der Waals surface area contributed by atoms with Gasteiger partial charge in [0.15, 0.2) is 5.79 Å². The van der Waals surface area contributed by atoms with Gasteiger partial charge in [-0.25, -0.2) is 0 Å². The van der Waals surface area contributed by atoms with Crippen molar-refractivity contribution in [1.82, 2.24) is 0 Å². The molecule has 3 heteroatoms. The molecule has 11 atom stereocenters. The Labute approximate surface area is 183 Å². The lowest BCUT2D eigenvalue weighted by molar-refractivity contribution is -0.272. The summed E-state index contributed by atoms with van der Waals surface area (Å²) < 4.78 is 13.3. The molecule has 5 fully saturated rings. The maximum atomic E-state index is 10.3. The van der Waals surface area contributed by atoms with E-state index in [1.54, 1.807) is 5.57 Å². The lowest BCUT2D eigenvalue weighted by Gasteiger charge is -2.58. The van der Waals surface area contributed by atoms with Gasteiger partial charge in [0.2, 0.25) is 0 Å². The van der Waals surface area contributed by atoms with Gasteiger partial charge in [0, 0.05) is 12.3 Å². The van der Waals surface area contributed by atoms with Crippen LogP contribution in [0.2, 0.25) is 0 Å². The van der Waals surface area contributed by atoms with E-state index >= 15 is 0 Å². The SMILES string of the molecule is CC1C2C(CC3C4CC=C5C[C@@H](O)CC[C@]5(C)C4CC[C@@]32C)O[C@]12CC[C@@H](C)CO2. The highest BCUT2D eigenvalue weighted by Crippen LogP contribution is 2.70. The van der Waals surface area contributed by atoms with E-state index in [1.807, 2.05) is 0 Å². The summed E-state index contributed by atoms with van der Waals surface area (Å²) in [6, 6.07) is 0. The molecule has 30 heavy (non-hydrogen) atoms. The maximum Gasteiger partial charge on any atom is 0.171 e. The molecule has 0 aromatic heterocycles. The minimum absolute atomic E-state index is 0.107. The first-order valence-corrected chi connectivity index (χ1v) is 13.0. The van der Waals surface area contributed by atoms with E-state index in [-0.39, 0.29) is 11.9 Å². The topological polar surface area (TPSA) is 38.7 Å². The molecule has 2 heterocycles. The number of fused-ring (bicyclic) bond motifs is 7. The molecule has 4 aliphatic carbocycles. The molecular weight excluding hydrogens is 372 g/mol. The number of hydrogen-bond acceptors (Lipinski definition) is 3. The van der Waals surface area contributed by atoms with E-state index in [0.717, 1.165) is 43.6 Å². The second-order valence-corrected chi connectivity index (χ2v) is 12.7. The van der Waals surface area contributed by atoms with Crippen molar-refractivity contribution in [2.24, 2.45) is 46.3 Å². The molecule has 0 aromatic carbocycles. The largest absolute Gasteiger partial charge is 0.393 e. The molecule has 0 amide bonds. The Morgan fingerprint density at radius 1 is 1.03 bits per heavy atom. The standard InChI is InChI=1S/C27H42O3/c1-16-7-12-27(29-15-16)17(2)24-23(30-27)14-22-20-6-5-18-13-19(28)8-10-25(18,3)21(20)9-11-26(22,24)4/h5,16-17,19-24,28H,6-15H2,1-4H3/t16-,17?,19+,20?,21?,22?,23?,24?,25+,26+,27-/m1/s1. The Morgan fingerprint density at radius 3 is 2.63 bits per heavy atom. The Kier molecular flexibility index (Phi) is 4.44. The van der Waals surface area contributed by atoms with Crippen LogP contribution in [0.25, 0.3) is 0 Å². The molecule has 3 saturated carbocycles. The molecule has 1 N–H and O–H groups in total. The first-order valence-electron chi connectivity index (χ1n) is 13.0. The average Bonchev–Trinajstić information content (AvgIpc) is 3.16. The predicted octanol–water partition coefficient (Wildman–Crippen LogP) is 5.71. The van der Waals surface area contributed by atoms with Gasteiger partial charge in [0.1, 0.15) is 0 Å². The van der Waals surface area contributed by atoms with Crippen LogP contribution in [0.15, 0.2) is 11.6 Å². The fourth-order valence-electron chi connectivity index (χ4n) is 9.66. The van der Waals surface area contributed by atoms with E-state index in [1.165, 1.54) is 38.5 Å². The van der Waals surface area contributed by atoms with Crippen molar-refractivity contribution in [2.75, 3.05) is 6.61 Å². The van der Waals surface area contributed by atoms with Crippen LogP contribution in [-0.4, -0.2) is 29.7 Å². The Morgan fingerprint density at radius 2 is 1.87 bits per heavy atom. The van der Waals surface area contributed by atoms with Crippen molar-refractivity contribution in [1.29, 1.82) is 0 Å². The molecular formula is C27H42O3. The maximum absolute atomic E-state index is 10.3. The summed E-state index contributed by atoms with van der Waals surface area (Å²) in [4.78, 5) is 0. The van der Waals surface area contributed by atoms with Crippen LogP contribution in [0, 0.1) is 46.3 Å². The van der Waals surface area contributed by atoms with E-state index in [9.17, 15) is 5.11 Å². The van der Waals surface area contributed by atoms with E-state index in [4.69, 9.17) is 9.47 Å². The second-order valence-electron chi connectivity index (χ2n) is 12.7. The minimum Gasteiger partial charge on any atom is -0.393 e. The number of aliphatic hydroxyl groups excluding tert-OH is 1. The van der Waals surface area contributed by atoms with Crippen LogP contribution in [0.5, 0.6) is 0 Å². The molecule has 6 aliphatic rings. The summed E-state index contributed by atoms with van der Waals surface area (Å²) in [5.41, 5.74) is 2.31. The van der Waals surface area contributed by atoms with Crippen molar-refractivity contribution >= 4 is 0 Å². The molecule has 3 nitrogen and oxygen atoms in total. The monoisotopic (exact) mass is 414 g/mol. The zero-order valence-corrected chi connectivity index (χ0v) is 19.5. The number of allylic oxidation sites excluding steroid dienone is 1. The van der Waals surface area contributed by atoms with Crippen LogP contribution >= 0.6 is 0 Å². The molecule has 0 aromatic rings. The Balaban J connectivity index is 1.28. The fourth-order valence-corrected chi connectivity index (χ4v) is 9.66. The highest BCUT2D eigenvalue weighted by Gasteiger charge is 2.68. The quantitative estimate of drug-likeness (QED) is 0.516. The number of rotatable bonds is 0. The van der Waals surface area contributed by atoms with Gasteiger partial charge in [-0.1, -0.05) is 39.3 Å². The number of aliphatic hydroxyl groups is 1. The van der Waals surface area contributed by atoms with Crippen molar-refractivity contribution < 1.29 is 14.6 Å². The smallest absolute Gasteiger partial charge is 0.171 e. The summed E-state index contributed by atoms with van der Waals surface area (Å²) >= 11 is 0. The van der Waals surface area contributed by atoms with Gasteiger partial charge < -0.3 is 14.6 Å². The first-order chi connectivity index (χ1) is 14.3. The third-order valence-electron chi connectivity index (χ3n) is 11.3. The molecule has 2 saturated heterocycles. The highest BCUT2D eigenvalue weighted by molar-refractivity contribution is 5.26. The lowest BCUT2D eigenvalue weighted by atomic mass is 9.47. The number of hydrogen-bond donors (Lipinski definition) is 1. The summed E-state index contributed by atoms with van der Waals surface area (Å²) in [5.74, 6) is 3.94. The summed E-state index contributed by atoms with van der Waals surface area (Å²) in [5, 5.41) is 10.3. The fraction of sp³-hybridized carbons (Fsp3) is 0.926. The van der Waals surface area contributed by atoms with Crippen LogP contribution < -0.4 is 0 Å². The summed E-state index contributed by atoms with van der Waals surface area (Å²) in [7, 11) is 0. The molecule has 168 valence electrons. The average molecular weight is 415 g/mol. The van der Waals surface area contributed by atoms with Crippen molar-refractivity contribution in [3.8, 4) is 0 Å². The van der Waals surface area contributed by atoms with Crippen molar-refractivity contribution in [3.63, 3.8) is 0 Å². The molecule has 2 aliphatic heterocycles. The molecule has 6 rings (SSSR count). The van der Waals surface area contributed by atoms with Gasteiger partial charge >= 0.3 is 0 Å². The zero-order chi connectivity index (χ0) is 20.9. The molecule has 6 unspecified atom stereocenters. The minimum atomic E-state index is -0.294. The van der Waals surface area contributed by atoms with Gasteiger partial charge in [0.25, 0.3) is 0 Å². The van der Waals surface area contributed by atoms with Gasteiger partial charge in [0.05, 0.1) is 18.8 Å². The summed E-state index contributed by atoms with van der Waals surface area (Å²) in [6.07, 6.45) is 13.5. The highest BCUT2D eigenvalue weighted by atomic mass is 16.7. The van der Waals surface area contributed by atoms with Crippen LogP contribution in [0.3, 0.4) is 0 Å². The Bertz CT molecular complexity index is 736. The zero-order valence-electron chi connectivity index (χ0n) is 19.5. The van der Waals surface area contributed by atoms with Crippen LogP contribution in [0.4, 0.5) is 0 Å². The van der Waals surface area contributed by atoms with E-state index in [0.29, 0.717) is 34.7 Å². The normalized spacial score (nSPS) is 59.8. The second kappa shape index (κ2) is 6.58. The molecule has 1 spiro atoms. The molecule has 0 radical (unpaired) electrons. The molecule has 0 bridgehead atoms. The van der Waals surface area contributed by atoms with E-state index in [2.05, 4.69) is 33.8 Å². The van der Waals surface area contributed by atoms with Gasteiger partial charge in [-0.15, -0.1) is 0 Å². The summed E-state index contributed by atoms with van der Waals surface area (Å²) in [6.45, 7) is 10.8. The van der Waals surface area contributed by atoms with Gasteiger partial charge in [-0.3, -0.25) is 0 Å². The van der Waals surface area contributed by atoms with Gasteiger partial charge in [-0.2, -0.15) is 0 Å². The van der Waals surface area contributed by atoms with Gasteiger partial charge in [-0.05, 0) is 91.8 Å². The lowest BCUT2D eigenvalue weighted by Crippen LogP contribution is -2.52. The van der Waals surface area contributed by atoms with Crippen molar-refractivity contribution in [2.45, 2.75) is 103 Å². The predicted molar refractivity (Wildman–Crippen MR) is 118 cm³/mol. The van der Waals surface area contributed by atoms with Crippen molar-refractivity contribution in [3.05, 3.63) is 11.6 Å². The van der Waals surface area contributed by atoms with Crippen LogP contribution in [0.1, 0.15) is 85.5 Å². The third kappa shape index (κ3) is 2.55. The van der Waals surface area contributed by atoms with Crippen LogP contribution in [-0.2, 0) is 9.47 Å². The third-order valence-corrected chi connectivity index (χ3v) is 11.3. The number of ether oxygens (including phenoxy) is 2.